The first-order chi connectivity index (χ1) is 9.15. The molecule has 1 saturated heterocycles. The maximum Gasteiger partial charge on any atom is 0.337 e. The van der Waals surface area contributed by atoms with E-state index in [0.29, 0.717) is 17.3 Å². The summed E-state index contributed by atoms with van der Waals surface area (Å²) in [6.07, 6.45) is 3.55. The van der Waals surface area contributed by atoms with Crippen molar-refractivity contribution in [1.82, 2.24) is 0 Å². The van der Waals surface area contributed by atoms with E-state index in [4.69, 9.17) is 10.5 Å². The minimum absolute atomic E-state index is 0.187. The third-order valence-electron chi connectivity index (χ3n) is 3.84. The van der Waals surface area contributed by atoms with Crippen LogP contribution in [0.2, 0.25) is 0 Å². The van der Waals surface area contributed by atoms with Gasteiger partial charge in [-0.3, -0.25) is 0 Å². The Bertz CT molecular complexity index is 499. The van der Waals surface area contributed by atoms with E-state index in [1.54, 1.807) is 18.2 Å². The van der Waals surface area contributed by atoms with Crippen LogP contribution in [0.3, 0.4) is 0 Å². The molecule has 1 aliphatic carbocycles. The predicted octanol–water partition coefficient (Wildman–Crippen LogP) is 1.95. The molecule has 1 saturated carbocycles. The molecule has 5 nitrogen and oxygen atoms in total. The van der Waals surface area contributed by atoms with Crippen LogP contribution in [-0.4, -0.2) is 29.8 Å². The third kappa shape index (κ3) is 2.51. The lowest BCUT2D eigenvalue weighted by molar-refractivity contribution is 0.0697. The van der Waals surface area contributed by atoms with Crippen LogP contribution >= 0.6 is 0 Å². The van der Waals surface area contributed by atoms with E-state index >= 15 is 0 Å². The normalized spacial score (nSPS) is 26.3. The summed E-state index contributed by atoms with van der Waals surface area (Å²) < 4.78 is 5.75. The second-order valence-electron chi connectivity index (χ2n) is 5.32. The second kappa shape index (κ2) is 4.74. The topological polar surface area (TPSA) is 84.6 Å². The van der Waals surface area contributed by atoms with E-state index in [-0.39, 0.29) is 17.7 Å². The average molecular weight is 262 g/mol. The highest BCUT2D eigenvalue weighted by molar-refractivity contribution is 5.95. The summed E-state index contributed by atoms with van der Waals surface area (Å²) in [6.45, 7) is 0.740. The fourth-order valence-corrected chi connectivity index (χ4v) is 2.72. The summed E-state index contributed by atoms with van der Waals surface area (Å²) in [5, 5.41) is 12.5. The Balaban J connectivity index is 1.81. The van der Waals surface area contributed by atoms with Gasteiger partial charge in [0.05, 0.1) is 23.4 Å². The van der Waals surface area contributed by atoms with Crippen molar-refractivity contribution in [3.63, 3.8) is 0 Å². The van der Waals surface area contributed by atoms with Crippen LogP contribution in [0.5, 0.6) is 0 Å². The summed E-state index contributed by atoms with van der Waals surface area (Å²) in [7, 11) is 0. The van der Waals surface area contributed by atoms with Crippen molar-refractivity contribution < 1.29 is 14.6 Å². The molecule has 0 spiro atoms. The van der Waals surface area contributed by atoms with E-state index in [0.717, 1.165) is 13.0 Å². The largest absolute Gasteiger partial charge is 0.478 e. The SMILES string of the molecule is Nc1ccc(C(=O)O)c(NC2CCOC2C2CC2)c1. The summed E-state index contributed by atoms with van der Waals surface area (Å²) in [6, 6.07) is 5.03. The molecule has 2 unspecified atom stereocenters. The minimum Gasteiger partial charge on any atom is -0.478 e. The van der Waals surface area contributed by atoms with Crippen LogP contribution in [0.1, 0.15) is 29.6 Å². The Labute approximate surface area is 111 Å². The lowest BCUT2D eigenvalue weighted by atomic mass is 10.0. The molecule has 1 aliphatic heterocycles. The number of nitrogen functional groups attached to an aromatic ring is 1. The van der Waals surface area contributed by atoms with Crippen molar-refractivity contribution in [1.29, 1.82) is 0 Å². The molecule has 5 heteroatoms. The molecule has 4 N–H and O–H groups in total. The van der Waals surface area contributed by atoms with Crippen LogP contribution in [0.25, 0.3) is 0 Å². The highest BCUT2D eigenvalue weighted by Gasteiger charge is 2.40. The van der Waals surface area contributed by atoms with Crippen LogP contribution in [0.4, 0.5) is 11.4 Å². The molecule has 0 amide bonds. The van der Waals surface area contributed by atoms with E-state index < -0.39 is 5.97 Å². The number of hydrogen-bond donors (Lipinski definition) is 3. The van der Waals surface area contributed by atoms with Gasteiger partial charge in [-0.05, 0) is 43.4 Å². The molecule has 19 heavy (non-hydrogen) atoms. The maximum absolute atomic E-state index is 11.2. The average Bonchev–Trinajstić information content (AvgIpc) is 3.10. The number of nitrogens with one attached hydrogen (secondary N) is 1. The van der Waals surface area contributed by atoms with Gasteiger partial charge in [0.25, 0.3) is 0 Å². The maximum atomic E-state index is 11.2. The number of aromatic carboxylic acids is 1. The summed E-state index contributed by atoms with van der Waals surface area (Å²) in [5.41, 5.74) is 7.16. The molecule has 1 aromatic carbocycles. The molecule has 102 valence electrons. The lowest BCUT2D eigenvalue weighted by Gasteiger charge is -2.21. The number of carbonyl (C=O) groups is 1. The smallest absolute Gasteiger partial charge is 0.337 e. The van der Waals surface area contributed by atoms with Gasteiger partial charge in [-0.1, -0.05) is 0 Å². The van der Waals surface area contributed by atoms with Crippen molar-refractivity contribution in [2.75, 3.05) is 17.7 Å². The van der Waals surface area contributed by atoms with Gasteiger partial charge in [0.15, 0.2) is 0 Å². The zero-order valence-corrected chi connectivity index (χ0v) is 10.6. The molecule has 3 rings (SSSR count). The van der Waals surface area contributed by atoms with Crippen LogP contribution in [0, 0.1) is 5.92 Å². The van der Waals surface area contributed by atoms with Gasteiger partial charge in [-0.2, -0.15) is 0 Å². The second-order valence-corrected chi connectivity index (χ2v) is 5.32. The Hall–Kier alpha value is -1.75. The van der Waals surface area contributed by atoms with Crippen LogP contribution < -0.4 is 11.1 Å². The molecule has 0 radical (unpaired) electrons. The molecule has 2 fully saturated rings. The number of carboxylic acids is 1. The molecule has 1 aromatic rings. The molecular weight excluding hydrogens is 244 g/mol. The zero-order valence-electron chi connectivity index (χ0n) is 10.6. The quantitative estimate of drug-likeness (QED) is 0.722. The number of benzene rings is 1. The van der Waals surface area contributed by atoms with E-state index in [1.165, 1.54) is 12.8 Å². The first-order valence-corrected chi connectivity index (χ1v) is 6.66. The van der Waals surface area contributed by atoms with E-state index in [9.17, 15) is 9.90 Å². The van der Waals surface area contributed by atoms with Crippen LogP contribution in [-0.2, 0) is 4.74 Å². The van der Waals surface area contributed by atoms with Crippen molar-refractivity contribution in [3.05, 3.63) is 23.8 Å². The summed E-state index contributed by atoms with van der Waals surface area (Å²) in [4.78, 5) is 11.2. The molecular formula is C14H18N2O3. The van der Waals surface area contributed by atoms with Gasteiger partial charge >= 0.3 is 5.97 Å². The van der Waals surface area contributed by atoms with Gasteiger partial charge in [0.1, 0.15) is 0 Å². The summed E-state index contributed by atoms with van der Waals surface area (Å²) in [5.74, 6) is -0.307. The third-order valence-corrected chi connectivity index (χ3v) is 3.84. The van der Waals surface area contributed by atoms with Crippen molar-refractivity contribution in [3.8, 4) is 0 Å². The highest BCUT2D eigenvalue weighted by atomic mass is 16.5. The number of anilines is 2. The van der Waals surface area contributed by atoms with Crippen molar-refractivity contribution in [2.24, 2.45) is 5.92 Å². The number of nitrogens with two attached hydrogens (primary N) is 1. The Morgan fingerprint density at radius 3 is 2.84 bits per heavy atom. The van der Waals surface area contributed by atoms with Gasteiger partial charge in [-0.25, -0.2) is 4.79 Å². The summed E-state index contributed by atoms with van der Waals surface area (Å²) >= 11 is 0. The molecule has 0 aromatic heterocycles. The van der Waals surface area contributed by atoms with Gasteiger partial charge < -0.3 is 20.9 Å². The number of hydrogen-bond acceptors (Lipinski definition) is 4. The highest BCUT2D eigenvalue weighted by Crippen LogP contribution is 2.40. The minimum atomic E-state index is -0.940. The van der Waals surface area contributed by atoms with Gasteiger partial charge in [0, 0.05) is 12.3 Å². The fourth-order valence-electron chi connectivity index (χ4n) is 2.72. The monoisotopic (exact) mass is 262 g/mol. The van der Waals surface area contributed by atoms with Crippen molar-refractivity contribution >= 4 is 17.3 Å². The van der Waals surface area contributed by atoms with Gasteiger partial charge in [-0.15, -0.1) is 0 Å². The predicted molar refractivity (Wildman–Crippen MR) is 72.3 cm³/mol. The van der Waals surface area contributed by atoms with E-state index in [2.05, 4.69) is 5.32 Å². The standard InChI is InChI=1S/C14H18N2O3/c15-9-3-4-10(14(17)18)12(7-9)16-11-5-6-19-13(11)8-1-2-8/h3-4,7-8,11,13,16H,1-2,5-6,15H2,(H,17,18). The lowest BCUT2D eigenvalue weighted by Crippen LogP contribution is -2.31. The van der Waals surface area contributed by atoms with Crippen LogP contribution in [0.15, 0.2) is 18.2 Å². The first-order valence-electron chi connectivity index (χ1n) is 6.66. The molecule has 0 bridgehead atoms. The number of ether oxygens (including phenoxy) is 1. The van der Waals surface area contributed by atoms with Gasteiger partial charge in [0.2, 0.25) is 0 Å². The van der Waals surface area contributed by atoms with Crippen molar-refractivity contribution in [2.45, 2.75) is 31.4 Å². The molecule has 2 aliphatic rings. The Morgan fingerprint density at radius 1 is 1.37 bits per heavy atom. The van der Waals surface area contributed by atoms with E-state index in [1.807, 2.05) is 0 Å². The number of carboxylic acid groups (broad SMARTS) is 1. The number of rotatable bonds is 4. The Morgan fingerprint density at radius 2 is 2.16 bits per heavy atom. The Kier molecular flexibility index (Phi) is 3.06. The molecule has 1 heterocycles. The zero-order chi connectivity index (χ0) is 13.4. The first kappa shape index (κ1) is 12.3. The molecule has 2 atom stereocenters. The fraction of sp³-hybridized carbons (Fsp3) is 0.500.